The summed E-state index contributed by atoms with van der Waals surface area (Å²) < 4.78 is 0. The quantitative estimate of drug-likeness (QED) is 0.719. The van der Waals surface area contributed by atoms with Crippen molar-refractivity contribution in [3.05, 3.63) is 49.9 Å². The predicted molar refractivity (Wildman–Crippen MR) is 92.8 cm³/mol. The van der Waals surface area contributed by atoms with Gasteiger partial charge in [0, 0.05) is 26.7 Å². The molecule has 0 unspecified atom stereocenters. The highest BCUT2D eigenvalue weighted by Crippen LogP contribution is 2.20. The Morgan fingerprint density at radius 3 is 2.57 bits per heavy atom. The first-order valence-corrected chi connectivity index (χ1v) is 8.75. The Bertz CT molecular complexity index is 637. The predicted octanol–water partition coefficient (Wildman–Crippen LogP) is 4.88. The lowest BCUT2D eigenvalue weighted by Crippen LogP contribution is -2.35. The third kappa shape index (κ3) is 4.29. The van der Waals surface area contributed by atoms with Crippen LogP contribution in [0.1, 0.15) is 34.0 Å². The zero-order chi connectivity index (χ0) is 15.4. The van der Waals surface area contributed by atoms with Crippen LogP contribution < -0.4 is 0 Å². The molecule has 2 heterocycles. The molecule has 0 saturated heterocycles. The van der Waals surface area contributed by atoms with Gasteiger partial charge in [-0.25, -0.2) is 0 Å². The van der Waals surface area contributed by atoms with E-state index in [1.54, 1.807) is 28.7 Å². The Kier molecular flexibility index (Phi) is 5.37. The minimum Gasteiger partial charge on any atom is -0.332 e. The van der Waals surface area contributed by atoms with E-state index in [9.17, 15) is 4.79 Å². The number of carbonyl (C=O) groups excluding carboxylic acids is 1. The van der Waals surface area contributed by atoms with Crippen LogP contribution in [0.25, 0.3) is 6.08 Å². The van der Waals surface area contributed by atoms with Crippen LogP contribution >= 0.6 is 22.7 Å². The Balaban J connectivity index is 2.09. The second kappa shape index (κ2) is 7.05. The molecule has 0 atom stereocenters. The molecule has 2 rings (SSSR count). The van der Waals surface area contributed by atoms with Crippen molar-refractivity contribution in [2.45, 2.75) is 40.3 Å². The summed E-state index contributed by atoms with van der Waals surface area (Å²) in [6.07, 6.45) is 3.60. The van der Waals surface area contributed by atoms with E-state index in [2.05, 4.69) is 45.2 Å². The zero-order valence-corrected chi connectivity index (χ0v) is 14.6. The first-order chi connectivity index (χ1) is 9.97. The third-order valence-corrected chi connectivity index (χ3v) is 5.31. The van der Waals surface area contributed by atoms with Gasteiger partial charge in [0.1, 0.15) is 0 Å². The summed E-state index contributed by atoms with van der Waals surface area (Å²) in [6.45, 7) is 8.98. The maximum Gasteiger partial charge on any atom is 0.247 e. The van der Waals surface area contributed by atoms with Crippen LogP contribution in [0.4, 0.5) is 0 Å². The van der Waals surface area contributed by atoms with Gasteiger partial charge in [0.15, 0.2) is 0 Å². The van der Waals surface area contributed by atoms with Crippen LogP contribution in [0.5, 0.6) is 0 Å². The molecule has 2 aromatic rings. The van der Waals surface area contributed by atoms with Crippen LogP contribution in [0, 0.1) is 13.8 Å². The minimum atomic E-state index is 0.0730. The molecule has 0 radical (unpaired) electrons. The number of hydrogen-bond acceptors (Lipinski definition) is 3. The number of rotatable bonds is 5. The minimum absolute atomic E-state index is 0.0730. The van der Waals surface area contributed by atoms with E-state index in [4.69, 9.17) is 0 Å². The van der Waals surface area contributed by atoms with Crippen molar-refractivity contribution in [2.24, 2.45) is 0 Å². The van der Waals surface area contributed by atoms with Gasteiger partial charge in [0.25, 0.3) is 0 Å². The lowest BCUT2D eigenvalue weighted by molar-refractivity contribution is -0.128. The molecular formula is C17H21NOS2. The lowest BCUT2D eigenvalue weighted by Gasteiger charge is -2.25. The van der Waals surface area contributed by atoms with E-state index in [-0.39, 0.29) is 11.9 Å². The number of amides is 1. The summed E-state index contributed by atoms with van der Waals surface area (Å²) in [5.41, 5.74) is 1.26. The van der Waals surface area contributed by atoms with Gasteiger partial charge < -0.3 is 4.90 Å². The van der Waals surface area contributed by atoms with Gasteiger partial charge in [-0.15, -0.1) is 22.7 Å². The molecule has 0 aromatic carbocycles. The van der Waals surface area contributed by atoms with Gasteiger partial charge in [-0.1, -0.05) is 0 Å². The van der Waals surface area contributed by atoms with E-state index in [0.29, 0.717) is 6.54 Å². The molecule has 0 saturated carbocycles. The number of aryl methyl sites for hydroxylation is 2. The smallest absolute Gasteiger partial charge is 0.247 e. The first-order valence-electron chi connectivity index (χ1n) is 7.05. The van der Waals surface area contributed by atoms with Gasteiger partial charge in [0.05, 0.1) is 6.54 Å². The zero-order valence-electron chi connectivity index (χ0n) is 12.9. The molecule has 0 spiro atoms. The van der Waals surface area contributed by atoms with Gasteiger partial charge in [-0.3, -0.25) is 4.79 Å². The summed E-state index contributed by atoms with van der Waals surface area (Å²) in [5, 5.41) is 2.08. The van der Waals surface area contributed by atoms with Crippen LogP contribution in [0.15, 0.2) is 29.7 Å². The van der Waals surface area contributed by atoms with Crippen LogP contribution in [0.2, 0.25) is 0 Å². The summed E-state index contributed by atoms with van der Waals surface area (Å²) >= 11 is 3.42. The van der Waals surface area contributed by atoms with E-state index in [1.165, 1.54) is 15.3 Å². The van der Waals surface area contributed by atoms with E-state index < -0.39 is 0 Å². The number of thiophene rings is 2. The molecular weight excluding hydrogens is 298 g/mol. The molecule has 2 nitrogen and oxygen atoms in total. The van der Waals surface area contributed by atoms with Crippen LogP contribution in [-0.4, -0.2) is 16.8 Å². The molecule has 0 N–H and O–H groups in total. The molecule has 0 fully saturated rings. The van der Waals surface area contributed by atoms with E-state index in [1.807, 2.05) is 17.0 Å². The van der Waals surface area contributed by atoms with E-state index in [0.717, 1.165) is 4.88 Å². The fraction of sp³-hybridized carbons (Fsp3) is 0.353. The van der Waals surface area contributed by atoms with Crippen molar-refractivity contribution in [3.63, 3.8) is 0 Å². The average molecular weight is 319 g/mol. The monoisotopic (exact) mass is 319 g/mol. The highest BCUT2D eigenvalue weighted by molar-refractivity contribution is 7.12. The molecule has 2 aromatic heterocycles. The van der Waals surface area contributed by atoms with Gasteiger partial charge in [-0.2, -0.15) is 0 Å². The highest BCUT2D eigenvalue weighted by atomic mass is 32.1. The van der Waals surface area contributed by atoms with Crippen molar-refractivity contribution < 1.29 is 4.79 Å². The van der Waals surface area contributed by atoms with Crippen molar-refractivity contribution in [2.75, 3.05) is 0 Å². The number of carbonyl (C=O) groups is 1. The Labute approximate surface area is 134 Å². The van der Waals surface area contributed by atoms with Crippen molar-refractivity contribution in [3.8, 4) is 0 Å². The van der Waals surface area contributed by atoms with Gasteiger partial charge >= 0.3 is 0 Å². The fourth-order valence-corrected chi connectivity index (χ4v) is 3.71. The summed E-state index contributed by atoms with van der Waals surface area (Å²) in [6, 6.07) is 6.42. The summed E-state index contributed by atoms with van der Waals surface area (Å²) in [5.74, 6) is 0.0730. The normalized spacial score (nSPS) is 11.5. The van der Waals surface area contributed by atoms with Crippen molar-refractivity contribution in [1.29, 1.82) is 0 Å². The standard InChI is InChI=1S/C17H21NOS2/c1-12(2)18(11-16-13(3)9-10-20-16)17(19)8-7-15-6-5-14(4)21-15/h5-10,12H,11H2,1-4H3. The lowest BCUT2D eigenvalue weighted by atomic mass is 10.2. The highest BCUT2D eigenvalue weighted by Gasteiger charge is 2.16. The summed E-state index contributed by atoms with van der Waals surface area (Å²) in [7, 11) is 0. The van der Waals surface area contributed by atoms with Gasteiger partial charge in [0.2, 0.25) is 5.91 Å². The molecule has 112 valence electrons. The molecule has 1 amide bonds. The molecule has 0 aliphatic rings. The molecule has 0 aliphatic heterocycles. The number of hydrogen-bond donors (Lipinski definition) is 0. The summed E-state index contributed by atoms with van der Waals surface area (Å²) in [4.78, 5) is 18.0. The molecule has 21 heavy (non-hydrogen) atoms. The fourth-order valence-electron chi connectivity index (χ4n) is 2.03. The van der Waals surface area contributed by atoms with Gasteiger partial charge in [-0.05, 0) is 62.9 Å². The Hall–Kier alpha value is -1.39. The average Bonchev–Trinajstić information content (AvgIpc) is 3.02. The maximum absolute atomic E-state index is 12.5. The topological polar surface area (TPSA) is 20.3 Å². The second-order valence-corrected chi connectivity index (χ2v) is 7.69. The Morgan fingerprint density at radius 1 is 1.29 bits per heavy atom. The maximum atomic E-state index is 12.5. The second-order valence-electron chi connectivity index (χ2n) is 5.37. The largest absolute Gasteiger partial charge is 0.332 e. The van der Waals surface area contributed by atoms with E-state index >= 15 is 0 Å². The molecule has 4 heteroatoms. The number of nitrogens with zero attached hydrogens (tertiary/aromatic N) is 1. The molecule has 0 aliphatic carbocycles. The third-order valence-electron chi connectivity index (χ3n) is 3.34. The van der Waals surface area contributed by atoms with Crippen LogP contribution in [-0.2, 0) is 11.3 Å². The molecule has 0 bridgehead atoms. The van der Waals surface area contributed by atoms with Crippen molar-refractivity contribution >= 4 is 34.7 Å². The SMILES string of the molecule is Cc1ccc(C=CC(=O)N(Cc2sccc2C)C(C)C)s1. The van der Waals surface area contributed by atoms with Crippen LogP contribution in [0.3, 0.4) is 0 Å². The van der Waals surface area contributed by atoms with Crippen molar-refractivity contribution in [1.82, 2.24) is 4.90 Å². The Morgan fingerprint density at radius 2 is 2.05 bits per heavy atom. The first kappa shape index (κ1) is 16.0.